The normalized spacial score (nSPS) is 17.7. The maximum Gasteiger partial charge on any atom is 0.230 e. The zero-order valence-electron chi connectivity index (χ0n) is 16.6. The van der Waals surface area contributed by atoms with E-state index in [4.69, 9.17) is 4.74 Å². The fourth-order valence-corrected chi connectivity index (χ4v) is 3.67. The van der Waals surface area contributed by atoms with Gasteiger partial charge in [0, 0.05) is 12.2 Å². The Morgan fingerprint density at radius 1 is 1.25 bits per heavy atom. The van der Waals surface area contributed by atoms with Crippen molar-refractivity contribution in [2.75, 3.05) is 20.2 Å². The number of amides is 1. The maximum absolute atomic E-state index is 13.5. The maximum atomic E-state index is 13.5. The molecule has 152 valence electrons. The molecule has 1 amide bonds. The Balaban J connectivity index is 0.00000280. The molecule has 1 fully saturated rings. The molecular weight excluding hydrogens is 374 g/mol. The summed E-state index contributed by atoms with van der Waals surface area (Å²) in [5.41, 5.74) is 1.91. The first kappa shape index (κ1) is 22.2. The molecule has 1 aromatic heterocycles. The topological polar surface area (TPSA) is 54.5 Å². The molecule has 2 aromatic rings. The summed E-state index contributed by atoms with van der Waals surface area (Å²) in [4.78, 5) is 20.0. The third-order valence-corrected chi connectivity index (χ3v) is 5.29. The molecule has 6 heteroatoms. The quantitative estimate of drug-likeness (QED) is 0.797. The van der Waals surface area contributed by atoms with E-state index in [1.807, 2.05) is 54.3 Å². The fourth-order valence-electron chi connectivity index (χ4n) is 3.67. The number of halogens is 1. The summed E-state index contributed by atoms with van der Waals surface area (Å²) in [7, 11) is 1.65. The van der Waals surface area contributed by atoms with Crippen LogP contribution in [0, 0.1) is 0 Å². The molecule has 2 heterocycles. The van der Waals surface area contributed by atoms with Gasteiger partial charge in [-0.15, -0.1) is 12.4 Å². The standard InChI is InChI=1S/C22H29N3O2.ClH/c1-17(18-7-5-10-21(15-18)27-2)22(26)25(16-19-8-3-4-13-24-19)20-9-6-12-23-14-11-20;/h3-5,7-8,10,13,15,17,20,23H,6,9,11-12,14,16H2,1-2H3;1H. The number of rotatable bonds is 6. The lowest BCUT2D eigenvalue weighted by Gasteiger charge is -2.33. The summed E-state index contributed by atoms with van der Waals surface area (Å²) >= 11 is 0. The van der Waals surface area contributed by atoms with Crippen LogP contribution in [0.3, 0.4) is 0 Å². The molecule has 1 aliphatic heterocycles. The molecule has 0 bridgehead atoms. The van der Waals surface area contributed by atoms with Crippen LogP contribution in [0.15, 0.2) is 48.7 Å². The number of nitrogens with zero attached hydrogens (tertiary/aromatic N) is 2. The number of pyridine rings is 1. The molecule has 2 atom stereocenters. The predicted octanol–water partition coefficient (Wildman–Crippen LogP) is 3.79. The number of hydrogen-bond donors (Lipinski definition) is 1. The lowest BCUT2D eigenvalue weighted by Crippen LogP contribution is -2.42. The summed E-state index contributed by atoms with van der Waals surface area (Å²) < 4.78 is 5.33. The third-order valence-electron chi connectivity index (χ3n) is 5.29. The Morgan fingerprint density at radius 3 is 2.86 bits per heavy atom. The van der Waals surface area contributed by atoms with Gasteiger partial charge >= 0.3 is 0 Å². The number of carbonyl (C=O) groups excluding carboxylic acids is 1. The van der Waals surface area contributed by atoms with Crippen LogP contribution >= 0.6 is 12.4 Å². The van der Waals surface area contributed by atoms with Gasteiger partial charge in [0.15, 0.2) is 0 Å². The molecular formula is C22H30ClN3O2. The van der Waals surface area contributed by atoms with Gasteiger partial charge in [0.05, 0.1) is 25.3 Å². The van der Waals surface area contributed by atoms with Crippen molar-refractivity contribution in [1.82, 2.24) is 15.2 Å². The fraction of sp³-hybridized carbons (Fsp3) is 0.455. The van der Waals surface area contributed by atoms with Gasteiger partial charge < -0.3 is 15.0 Å². The number of benzene rings is 1. The molecule has 1 saturated heterocycles. The monoisotopic (exact) mass is 403 g/mol. The first-order valence-electron chi connectivity index (χ1n) is 9.74. The molecule has 0 radical (unpaired) electrons. The molecule has 5 nitrogen and oxygen atoms in total. The Morgan fingerprint density at radius 2 is 2.11 bits per heavy atom. The molecule has 1 aliphatic rings. The Kier molecular flexibility index (Phi) is 8.74. The van der Waals surface area contributed by atoms with Crippen molar-refractivity contribution in [3.63, 3.8) is 0 Å². The predicted molar refractivity (Wildman–Crippen MR) is 114 cm³/mol. The number of ether oxygens (including phenoxy) is 1. The van der Waals surface area contributed by atoms with Gasteiger partial charge in [-0.2, -0.15) is 0 Å². The van der Waals surface area contributed by atoms with Gasteiger partial charge in [0.1, 0.15) is 5.75 Å². The Labute approximate surface area is 173 Å². The second kappa shape index (κ2) is 11.0. The Bertz CT molecular complexity index is 734. The van der Waals surface area contributed by atoms with Crippen molar-refractivity contribution < 1.29 is 9.53 Å². The van der Waals surface area contributed by atoms with Crippen LogP contribution in [0.1, 0.15) is 43.4 Å². The molecule has 28 heavy (non-hydrogen) atoms. The van der Waals surface area contributed by atoms with E-state index in [2.05, 4.69) is 10.3 Å². The van der Waals surface area contributed by atoms with E-state index in [0.29, 0.717) is 6.54 Å². The highest BCUT2D eigenvalue weighted by Crippen LogP contribution is 2.26. The number of nitrogens with one attached hydrogen (secondary N) is 1. The highest BCUT2D eigenvalue weighted by molar-refractivity contribution is 5.85. The van der Waals surface area contributed by atoms with Crippen molar-refractivity contribution in [2.45, 2.75) is 44.7 Å². The second-order valence-corrected chi connectivity index (χ2v) is 7.12. The highest BCUT2D eigenvalue weighted by Gasteiger charge is 2.29. The van der Waals surface area contributed by atoms with E-state index in [0.717, 1.165) is 49.4 Å². The second-order valence-electron chi connectivity index (χ2n) is 7.12. The lowest BCUT2D eigenvalue weighted by atomic mass is 9.97. The molecule has 2 unspecified atom stereocenters. The minimum absolute atomic E-state index is 0. The summed E-state index contributed by atoms with van der Waals surface area (Å²) in [6.45, 7) is 4.51. The van der Waals surface area contributed by atoms with Gasteiger partial charge in [-0.05, 0) is 69.1 Å². The van der Waals surface area contributed by atoms with Crippen molar-refractivity contribution in [3.8, 4) is 5.75 Å². The van der Waals surface area contributed by atoms with E-state index in [-0.39, 0.29) is 30.3 Å². The van der Waals surface area contributed by atoms with Crippen LogP contribution < -0.4 is 10.1 Å². The first-order valence-corrected chi connectivity index (χ1v) is 9.74. The van der Waals surface area contributed by atoms with Gasteiger partial charge in [-0.1, -0.05) is 18.2 Å². The average molecular weight is 404 g/mol. The van der Waals surface area contributed by atoms with Crippen LogP contribution in [0.2, 0.25) is 0 Å². The van der Waals surface area contributed by atoms with E-state index in [1.165, 1.54) is 0 Å². The summed E-state index contributed by atoms with van der Waals surface area (Å²) in [5.74, 6) is 0.711. The highest BCUT2D eigenvalue weighted by atomic mass is 35.5. The SMILES string of the molecule is COc1cccc(C(C)C(=O)N(Cc2ccccn2)C2CCCNCC2)c1.Cl. The molecule has 1 aromatic carbocycles. The lowest BCUT2D eigenvalue weighted by molar-refractivity contribution is -0.135. The molecule has 0 spiro atoms. The van der Waals surface area contributed by atoms with E-state index < -0.39 is 0 Å². The molecule has 0 saturated carbocycles. The van der Waals surface area contributed by atoms with Crippen LogP contribution in [-0.4, -0.2) is 42.0 Å². The summed E-state index contributed by atoms with van der Waals surface area (Å²) in [6.07, 6.45) is 4.88. The summed E-state index contributed by atoms with van der Waals surface area (Å²) in [6, 6.07) is 13.9. The van der Waals surface area contributed by atoms with Crippen molar-refractivity contribution in [2.24, 2.45) is 0 Å². The zero-order chi connectivity index (χ0) is 19.1. The number of aromatic nitrogens is 1. The van der Waals surface area contributed by atoms with E-state index in [9.17, 15) is 4.79 Å². The third kappa shape index (κ3) is 5.69. The minimum Gasteiger partial charge on any atom is -0.497 e. The van der Waals surface area contributed by atoms with E-state index >= 15 is 0 Å². The van der Waals surface area contributed by atoms with Crippen LogP contribution in [-0.2, 0) is 11.3 Å². The minimum atomic E-state index is -0.222. The summed E-state index contributed by atoms with van der Waals surface area (Å²) in [5, 5.41) is 3.44. The largest absolute Gasteiger partial charge is 0.497 e. The van der Waals surface area contributed by atoms with Gasteiger partial charge in [-0.25, -0.2) is 0 Å². The number of methoxy groups -OCH3 is 1. The van der Waals surface area contributed by atoms with E-state index in [1.54, 1.807) is 13.3 Å². The average Bonchev–Trinajstić information content (AvgIpc) is 3.01. The molecule has 0 aliphatic carbocycles. The number of hydrogen-bond acceptors (Lipinski definition) is 4. The Hall–Kier alpha value is -2.11. The smallest absolute Gasteiger partial charge is 0.230 e. The van der Waals surface area contributed by atoms with Crippen molar-refractivity contribution >= 4 is 18.3 Å². The van der Waals surface area contributed by atoms with Crippen LogP contribution in [0.4, 0.5) is 0 Å². The van der Waals surface area contributed by atoms with Gasteiger partial charge in [0.2, 0.25) is 5.91 Å². The molecule has 1 N–H and O–H groups in total. The van der Waals surface area contributed by atoms with Gasteiger partial charge in [-0.3, -0.25) is 9.78 Å². The number of carbonyl (C=O) groups is 1. The van der Waals surface area contributed by atoms with Crippen molar-refractivity contribution in [3.05, 3.63) is 59.9 Å². The van der Waals surface area contributed by atoms with Gasteiger partial charge in [0.25, 0.3) is 0 Å². The molecule has 3 rings (SSSR count). The van der Waals surface area contributed by atoms with Crippen LogP contribution in [0.25, 0.3) is 0 Å². The first-order chi connectivity index (χ1) is 13.2. The van der Waals surface area contributed by atoms with Crippen molar-refractivity contribution in [1.29, 1.82) is 0 Å². The van der Waals surface area contributed by atoms with Crippen LogP contribution in [0.5, 0.6) is 5.75 Å². The zero-order valence-corrected chi connectivity index (χ0v) is 17.5.